The van der Waals surface area contributed by atoms with Crippen LogP contribution in [-0.2, 0) is 0 Å². The Hall–Kier alpha value is -1.69. The van der Waals surface area contributed by atoms with Gasteiger partial charge in [-0.25, -0.2) is 4.98 Å². The highest BCUT2D eigenvalue weighted by Gasteiger charge is 2.38. The first-order valence-electron chi connectivity index (χ1n) is 5.95. The molecule has 0 bridgehead atoms. The monoisotopic (exact) mass is 283 g/mol. The highest BCUT2D eigenvalue weighted by atomic mass is 35.5. The number of carbonyl (C=O) groups excluding carboxylic acids is 1. The zero-order valence-corrected chi connectivity index (χ0v) is 11.5. The number of hydrogen-bond acceptors (Lipinski definition) is 4. The van der Waals surface area contributed by atoms with Gasteiger partial charge < -0.3 is 4.90 Å². The van der Waals surface area contributed by atoms with Crippen LogP contribution in [0, 0.1) is 10.1 Å². The molecule has 1 aliphatic heterocycles. The van der Waals surface area contributed by atoms with Gasteiger partial charge in [0.1, 0.15) is 16.9 Å². The second kappa shape index (κ2) is 4.77. The lowest BCUT2D eigenvalue weighted by atomic mass is 10.0. The fourth-order valence-electron chi connectivity index (χ4n) is 2.37. The Morgan fingerprint density at radius 2 is 2.26 bits per heavy atom. The normalized spacial score (nSPS) is 17.5. The molecule has 0 aromatic carbocycles. The molecule has 1 aromatic rings. The summed E-state index contributed by atoms with van der Waals surface area (Å²) in [4.78, 5) is 28.1. The number of hydrogen-bond donors (Lipinski definition) is 0. The number of nitrogens with zero attached hydrogens (tertiary/aromatic N) is 3. The van der Waals surface area contributed by atoms with Gasteiger partial charge in [-0.2, -0.15) is 0 Å². The maximum atomic E-state index is 12.5. The summed E-state index contributed by atoms with van der Waals surface area (Å²) in [5.74, 6) is -0.362. The smallest absolute Gasteiger partial charge is 0.300 e. The SMILES string of the molecule is CC1(C)CCCN1C(=O)c1cc(Cl)ncc1[N+](=O)[O-]. The van der Waals surface area contributed by atoms with Crippen molar-refractivity contribution in [2.75, 3.05) is 6.54 Å². The van der Waals surface area contributed by atoms with Gasteiger partial charge in [-0.3, -0.25) is 14.9 Å². The fourth-order valence-corrected chi connectivity index (χ4v) is 2.53. The maximum absolute atomic E-state index is 12.5. The third kappa shape index (κ3) is 2.53. The van der Waals surface area contributed by atoms with Crippen LogP contribution >= 0.6 is 11.6 Å². The van der Waals surface area contributed by atoms with E-state index in [9.17, 15) is 14.9 Å². The van der Waals surface area contributed by atoms with E-state index < -0.39 is 4.92 Å². The summed E-state index contributed by atoms with van der Waals surface area (Å²) < 4.78 is 0. The Labute approximate surface area is 115 Å². The van der Waals surface area contributed by atoms with Crippen molar-refractivity contribution in [1.82, 2.24) is 9.88 Å². The number of likely N-dealkylation sites (tertiary alicyclic amines) is 1. The average molecular weight is 284 g/mol. The van der Waals surface area contributed by atoms with Crippen LogP contribution in [0.15, 0.2) is 12.3 Å². The molecular weight excluding hydrogens is 270 g/mol. The Kier molecular flexibility index (Phi) is 3.45. The number of pyridine rings is 1. The van der Waals surface area contributed by atoms with Crippen molar-refractivity contribution in [2.24, 2.45) is 0 Å². The third-order valence-corrected chi connectivity index (χ3v) is 3.63. The topological polar surface area (TPSA) is 76.3 Å². The summed E-state index contributed by atoms with van der Waals surface area (Å²) in [5, 5.41) is 11.0. The number of halogens is 1. The van der Waals surface area contributed by atoms with Crippen LogP contribution in [0.5, 0.6) is 0 Å². The quantitative estimate of drug-likeness (QED) is 0.475. The lowest BCUT2D eigenvalue weighted by molar-refractivity contribution is -0.385. The number of amides is 1. The van der Waals surface area contributed by atoms with Crippen molar-refractivity contribution >= 4 is 23.2 Å². The lowest BCUT2D eigenvalue weighted by Crippen LogP contribution is -2.42. The molecule has 0 atom stereocenters. The molecule has 0 saturated carbocycles. The first-order chi connectivity index (χ1) is 8.83. The summed E-state index contributed by atoms with van der Waals surface area (Å²) in [6.07, 6.45) is 2.80. The number of rotatable bonds is 2. The van der Waals surface area contributed by atoms with Gasteiger partial charge in [0.15, 0.2) is 0 Å². The summed E-state index contributed by atoms with van der Waals surface area (Å²) >= 11 is 5.74. The Bertz CT molecular complexity index is 545. The van der Waals surface area contributed by atoms with E-state index in [0.717, 1.165) is 19.0 Å². The van der Waals surface area contributed by atoms with Gasteiger partial charge >= 0.3 is 0 Å². The minimum atomic E-state index is -0.611. The van der Waals surface area contributed by atoms with Crippen LogP contribution in [0.1, 0.15) is 37.0 Å². The number of aromatic nitrogens is 1. The molecule has 7 heteroatoms. The van der Waals surface area contributed by atoms with E-state index >= 15 is 0 Å². The van der Waals surface area contributed by atoms with Gasteiger partial charge in [-0.05, 0) is 32.8 Å². The van der Waals surface area contributed by atoms with Crippen LogP contribution in [0.4, 0.5) is 5.69 Å². The van der Waals surface area contributed by atoms with Crippen molar-refractivity contribution in [3.63, 3.8) is 0 Å². The van der Waals surface area contributed by atoms with E-state index in [0.29, 0.717) is 6.54 Å². The predicted molar refractivity (Wildman–Crippen MR) is 70.3 cm³/mol. The first-order valence-corrected chi connectivity index (χ1v) is 6.32. The average Bonchev–Trinajstić information content (AvgIpc) is 2.67. The molecule has 0 N–H and O–H groups in total. The van der Waals surface area contributed by atoms with Gasteiger partial charge in [-0.15, -0.1) is 0 Å². The Morgan fingerprint density at radius 1 is 1.58 bits per heavy atom. The third-order valence-electron chi connectivity index (χ3n) is 3.42. The summed E-state index contributed by atoms with van der Waals surface area (Å²) in [7, 11) is 0. The standard InChI is InChI=1S/C12H14ClN3O3/c1-12(2)4-3-5-15(12)11(17)8-6-10(13)14-7-9(8)16(18)19/h6-7H,3-5H2,1-2H3. The maximum Gasteiger partial charge on any atom is 0.300 e. The molecule has 0 radical (unpaired) electrons. The largest absolute Gasteiger partial charge is 0.333 e. The van der Waals surface area contributed by atoms with Gasteiger partial charge in [-0.1, -0.05) is 11.6 Å². The molecule has 1 saturated heterocycles. The first kappa shape index (κ1) is 13.7. The van der Waals surface area contributed by atoms with E-state index in [-0.39, 0.29) is 27.9 Å². The molecule has 0 unspecified atom stereocenters. The highest BCUT2D eigenvalue weighted by Crippen LogP contribution is 2.32. The van der Waals surface area contributed by atoms with Gasteiger partial charge in [0.2, 0.25) is 0 Å². The molecule has 1 fully saturated rings. The summed E-state index contributed by atoms with van der Waals surface area (Å²) in [6.45, 7) is 4.50. The van der Waals surface area contributed by atoms with Crippen molar-refractivity contribution in [3.05, 3.63) is 33.1 Å². The Morgan fingerprint density at radius 3 is 2.79 bits per heavy atom. The van der Waals surface area contributed by atoms with Crippen LogP contribution in [-0.4, -0.2) is 32.8 Å². The van der Waals surface area contributed by atoms with Crippen LogP contribution < -0.4 is 0 Å². The fraction of sp³-hybridized carbons (Fsp3) is 0.500. The highest BCUT2D eigenvalue weighted by molar-refractivity contribution is 6.29. The summed E-state index contributed by atoms with van der Waals surface area (Å²) in [6, 6.07) is 1.26. The van der Waals surface area contributed by atoms with E-state index in [2.05, 4.69) is 4.98 Å². The number of carbonyl (C=O) groups is 1. The van der Waals surface area contributed by atoms with Crippen molar-refractivity contribution in [2.45, 2.75) is 32.2 Å². The summed E-state index contributed by atoms with van der Waals surface area (Å²) in [5.41, 5.74) is -0.599. The van der Waals surface area contributed by atoms with Crippen molar-refractivity contribution in [1.29, 1.82) is 0 Å². The number of nitro groups is 1. The molecule has 19 heavy (non-hydrogen) atoms. The zero-order chi connectivity index (χ0) is 14.2. The second-order valence-electron chi connectivity index (χ2n) is 5.15. The van der Waals surface area contributed by atoms with E-state index in [1.165, 1.54) is 6.07 Å². The molecule has 2 heterocycles. The Balaban J connectivity index is 2.44. The van der Waals surface area contributed by atoms with E-state index in [4.69, 9.17) is 11.6 Å². The van der Waals surface area contributed by atoms with Crippen LogP contribution in [0.25, 0.3) is 0 Å². The molecule has 0 spiro atoms. The van der Waals surface area contributed by atoms with Crippen LogP contribution in [0.3, 0.4) is 0 Å². The molecule has 2 rings (SSSR count). The molecule has 1 amide bonds. The predicted octanol–water partition coefficient (Wildman–Crippen LogP) is 2.66. The van der Waals surface area contributed by atoms with Crippen molar-refractivity contribution < 1.29 is 9.72 Å². The lowest BCUT2D eigenvalue weighted by Gasteiger charge is -2.31. The van der Waals surface area contributed by atoms with E-state index in [1.54, 1.807) is 4.90 Å². The second-order valence-corrected chi connectivity index (χ2v) is 5.54. The molecule has 1 aromatic heterocycles. The molecule has 0 aliphatic carbocycles. The molecular formula is C12H14ClN3O3. The molecule has 1 aliphatic rings. The van der Waals surface area contributed by atoms with Gasteiger partial charge in [0, 0.05) is 12.1 Å². The minimum absolute atomic E-state index is 0.0000231. The minimum Gasteiger partial charge on any atom is -0.333 e. The molecule has 6 nitrogen and oxygen atoms in total. The van der Waals surface area contributed by atoms with E-state index in [1.807, 2.05) is 13.8 Å². The van der Waals surface area contributed by atoms with Gasteiger partial charge in [0.25, 0.3) is 11.6 Å². The van der Waals surface area contributed by atoms with Crippen molar-refractivity contribution in [3.8, 4) is 0 Å². The molecule has 102 valence electrons. The van der Waals surface area contributed by atoms with Gasteiger partial charge in [0.05, 0.1) is 4.92 Å². The zero-order valence-electron chi connectivity index (χ0n) is 10.7. The van der Waals surface area contributed by atoms with Crippen LogP contribution in [0.2, 0.25) is 5.15 Å².